The fourth-order valence-electron chi connectivity index (χ4n) is 3.35. The average molecular weight is 467 g/mol. The van der Waals surface area contributed by atoms with Crippen molar-refractivity contribution >= 4 is 52.5 Å². The van der Waals surface area contributed by atoms with E-state index in [2.05, 4.69) is 5.32 Å². The number of rotatable bonds is 5. The maximum atomic E-state index is 12.8. The molecular formula is C25H20Cl2N2O3. The number of benzene rings is 3. The highest BCUT2D eigenvalue weighted by molar-refractivity contribution is 6.30. The van der Waals surface area contributed by atoms with Crippen molar-refractivity contribution in [1.82, 2.24) is 0 Å². The van der Waals surface area contributed by atoms with Gasteiger partial charge in [0.25, 0.3) is 5.91 Å². The van der Waals surface area contributed by atoms with Gasteiger partial charge in [-0.1, -0.05) is 47.5 Å². The number of hydrogen-bond acceptors (Lipinski definition) is 3. The first-order valence-electron chi connectivity index (χ1n) is 10.0. The molecule has 0 bridgehead atoms. The molecule has 4 rings (SSSR count). The van der Waals surface area contributed by atoms with E-state index in [4.69, 9.17) is 27.9 Å². The van der Waals surface area contributed by atoms with Crippen LogP contribution in [-0.2, 0) is 16.1 Å². The minimum absolute atomic E-state index is 0.154. The quantitative estimate of drug-likeness (QED) is 0.471. The summed E-state index contributed by atoms with van der Waals surface area (Å²) in [5, 5.41) is 4.09. The van der Waals surface area contributed by atoms with Crippen molar-refractivity contribution in [1.29, 1.82) is 0 Å². The minimum atomic E-state index is -0.599. The van der Waals surface area contributed by atoms with Crippen molar-refractivity contribution < 1.29 is 14.3 Å². The molecule has 1 atom stereocenters. The van der Waals surface area contributed by atoms with Gasteiger partial charge in [0.15, 0.2) is 6.10 Å². The predicted molar refractivity (Wildman–Crippen MR) is 128 cm³/mol. The van der Waals surface area contributed by atoms with Gasteiger partial charge in [-0.2, -0.15) is 0 Å². The van der Waals surface area contributed by atoms with Crippen molar-refractivity contribution in [3.05, 3.63) is 94.0 Å². The van der Waals surface area contributed by atoms with Crippen molar-refractivity contribution in [2.45, 2.75) is 19.6 Å². The second-order valence-electron chi connectivity index (χ2n) is 7.37. The monoisotopic (exact) mass is 466 g/mol. The van der Waals surface area contributed by atoms with E-state index < -0.39 is 6.10 Å². The molecule has 0 saturated carbocycles. The van der Waals surface area contributed by atoms with Gasteiger partial charge in [0.2, 0.25) is 5.91 Å². The summed E-state index contributed by atoms with van der Waals surface area (Å²) >= 11 is 11.9. The summed E-state index contributed by atoms with van der Waals surface area (Å²) < 4.78 is 5.76. The number of nitrogens with one attached hydrogen (secondary N) is 1. The van der Waals surface area contributed by atoms with E-state index in [0.29, 0.717) is 33.7 Å². The van der Waals surface area contributed by atoms with E-state index in [1.54, 1.807) is 60.4 Å². The molecule has 1 N–H and O–H groups in total. The molecule has 0 aliphatic carbocycles. The van der Waals surface area contributed by atoms with Crippen LogP contribution in [0.2, 0.25) is 10.0 Å². The lowest BCUT2D eigenvalue weighted by Gasteiger charge is -2.33. The molecule has 0 spiro atoms. The second kappa shape index (κ2) is 9.47. The van der Waals surface area contributed by atoms with Gasteiger partial charge in [-0.15, -0.1) is 0 Å². The van der Waals surface area contributed by atoms with E-state index in [1.165, 1.54) is 6.08 Å². The van der Waals surface area contributed by atoms with Crippen molar-refractivity contribution in [3.63, 3.8) is 0 Å². The standard InChI is InChI=1S/C25H20Cl2N2O3/c1-16-25(31)29(15-18-4-9-20(27)10-5-18)22-14-21(11-12-23(22)32-16)28-24(30)13-6-17-2-7-19(26)8-3-17/h2-14,16H,15H2,1H3,(H,28,30)/b13-6+. The lowest BCUT2D eigenvalue weighted by molar-refractivity contribution is -0.125. The highest BCUT2D eigenvalue weighted by Crippen LogP contribution is 2.37. The Bertz CT molecular complexity index is 1170. The zero-order valence-corrected chi connectivity index (χ0v) is 18.7. The fraction of sp³-hybridized carbons (Fsp3) is 0.120. The number of nitrogens with zero attached hydrogens (tertiary/aromatic N) is 1. The molecule has 1 aliphatic rings. The number of fused-ring (bicyclic) bond motifs is 1. The van der Waals surface area contributed by atoms with Crippen LogP contribution in [0, 0.1) is 0 Å². The average Bonchev–Trinajstić information content (AvgIpc) is 2.78. The zero-order chi connectivity index (χ0) is 22.7. The molecular weight excluding hydrogens is 447 g/mol. The Labute approximate surface area is 196 Å². The molecule has 0 radical (unpaired) electrons. The molecule has 0 saturated heterocycles. The maximum Gasteiger partial charge on any atom is 0.268 e. The Kier molecular flexibility index (Phi) is 6.49. The SMILES string of the molecule is CC1Oc2ccc(NC(=O)/C=C/c3ccc(Cl)cc3)cc2N(Cc2ccc(Cl)cc2)C1=O. The second-order valence-corrected chi connectivity index (χ2v) is 8.24. The molecule has 3 aromatic carbocycles. The van der Waals surface area contributed by atoms with Gasteiger partial charge in [0.05, 0.1) is 12.2 Å². The number of carbonyl (C=O) groups excluding carboxylic acids is 2. The zero-order valence-electron chi connectivity index (χ0n) is 17.2. The Morgan fingerprint density at radius 3 is 2.38 bits per heavy atom. The van der Waals surface area contributed by atoms with Crippen molar-refractivity contribution in [3.8, 4) is 5.75 Å². The van der Waals surface area contributed by atoms with Crippen LogP contribution in [0.15, 0.2) is 72.8 Å². The lowest BCUT2D eigenvalue weighted by Crippen LogP contribution is -2.44. The van der Waals surface area contributed by atoms with E-state index in [0.717, 1.165) is 11.1 Å². The molecule has 1 unspecified atom stereocenters. The number of carbonyl (C=O) groups is 2. The van der Waals surface area contributed by atoms with E-state index in [9.17, 15) is 9.59 Å². The molecule has 5 nitrogen and oxygen atoms in total. The van der Waals surface area contributed by atoms with Gasteiger partial charge in [0.1, 0.15) is 5.75 Å². The van der Waals surface area contributed by atoms with E-state index >= 15 is 0 Å². The van der Waals surface area contributed by atoms with Crippen molar-refractivity contribution in [2.75, 3.05) is 10.2 Å². The number of anilines is 2. The summed E-state index contributed by atoms with van der Waals surface area (Å²) in [5.74, 6) is 0.139. The third-order valence-corrected chi connectivity index (χ3v) is 5.49. The van der Waals surface area contributed by atoms with Crippen LogP contribution in [0.4, 0.5) is 11.4 Å². The van der Waals surface area contributed by atoms with Crippen LogP contribution in [-0.4, -0.2) is 17.9 Å². The Hall–Kier alpha value is -3.28. The van der Waals surface area contributed by atoms with E-state index in [1.807, 2.05) is 24.3 Å². The normalized spacial score (nSPS) is 15.4. The first-order valence-corrected chi connectivity index (χ1v) is 10.8. The summed E-state index contributed by atoms with van der Waals surface area (Å²) in [6.07, 6.45) is 2.54. The topological polar surface area (TPSA) is 58.6 Å². The van der Waals surface area contributed by atoms with Crippen LogP contribution < -0.4 is 15.0 Å². The van der Waals surface area contributed by atoms with Crippen LogP contribution in [0.1, 0.15) is 18.1 Å². The smallest absolute Gasteiger partial charge is 0.268 e. The van der Waals surface area contributed by atoms with Gasteiger partial charge < -0.3 is 15.0 Å². The van der Waals surface area contributed by atoms with Crippen LogP contribution >= 0.6 is 23.2 Å². The number of amides is 2. The fourth-order valence-corrected chi connectivity index (χ4v) is 3.60. The molecule has 7 heteroatoms. The Balaban J connectivity index is 1.54. The van der Waals surface area contributed by atoms with E-state index in [-0.39, 0.29) is 11.8 Å². The summed E-state index contributed by atoms with van der Waals surface area (Å²) in [7, 11) is 0. The first-order chi connectivity index (χ1) is 15.4. The molecule has 162 valence electrons. The third kappa shape index (κ3) is 5.13. The van der Waals surface area contributed by atoms with Crippen LogP contribution in [0.25, 0.3) is 6.08 Å². The van der Waals surface area contributed by atoms with Crippen molar-refractivity contribution in [2.24, 2.45) is 0 Å². The summed E-state index contributed by atoms with van der Waals surface area (Å²) in [6.45, 7) is 2.09. The summed E-state index contributed by atoms with van der Waals surface area (Å²) in [6, 6.07) is 19.7. The number of hydrogen-bond donors (Lipinski definition) is 1. The molecule has 3 aromatic rings. The predicted octanol–water partition coefficient (Wildman–Crippen LogP) is 5.96. The number of halogens is 2. The maximum absolute atomic E-state index is 12.8. The van der Waals surface area contributed by atoms with Crippen LogP contribution in [0.3, 0.4) is 0 Å². The molecule has 2 amide bonds. The van der Waals surface area contributed by atoms with Gasteiger partial charge in [-0.05, 0) is 66.6 Å². The number of ether oxygens (including phenoxy) is 1. The van der Waals surface area contributed by atoms with Gasteiger partial charge in [-0.3, -0.25) is 9.59 Å². The first kappa shape index (κ1) is 21.9. The Morgan fingerprint density at radius 2 is 1.69 bits per heavy atom. The van der Waals surface area contributed by atoms with Gasteiger partial charge in [0, 0.05) is 21.8 Å². The third-order valence-electron chi connectivity index (χ3n) is 4.99. The summed E-state index contributed by atoms with van der Waals surface area (Å²) in [5.41, 5.74) is 2.95. The van der Waals surface area contributed by atoms with Crippen LogP contribution in [0.5, 0.6) is 5.75 Å². The highest BCUT2D eigenvalue weighted by atomic mass is 35.5. The molecule has 1 aliphatic heterocycles. The molecule has 0 fully saturated rings. The molecule has 32 heavy (non-hydrogen) atoms. The largest absolute Gasteiger partial charge is 0.479 e. The van der Waals surface area contributed by atoms with Gasteiger partial charge in [-0.25, -0.2) is 0 Å². The molecule has 0 aromatic heterocycles. The highest BCUT2D eigenvalue weighted by Gasteiger charge is 2.31. The lowest BCUT2D eigenvalue weighted by atomic mass is 10.1. The minimum Gasteiger partial charge on any atom is -0.479 e. The Morgan fingerprint density at radius 1 is 1.03 bits per heavy atom. The summed E-state index contributed by atoms with van der Waals surface area (Å²) in [4.78, 5) is 26.9. The molecule has 1 heterocycles. The van der Waals surface area contributed by atoms with Gasteiger partial charge >= 0.3 is 0 Å².